The highest BCUT2D eigenvalue weighted by molar-refractivity contribution is 5.81. The third-order valence-corrected chi connectivity index (χ3v) is 2.70. The molecule has 0 radical (unpaired) electrons. The molecule has 1 aliphatic rings. The largest absolute Gasteiger partial charge is 0.466 e. The monoisotopic (exact) mass is 243 g/mol. The van der Waals surface area contributed by atoms with Gasteiger partial charge in [-0.25, -0.2) is 0 Å². The van der Waals surface area contributed by atoms with E-state index in [9.17, 15) is 9.59 Å². The molecule has 1 atom stereocenters. The van der Waals surface area contributed by atoms with Gasteiger partial charge in [-0.15, -0.1) is 0 Å². The first-order valence-electron chi connectivity index (χ1n) is 6.22. The molecular weight excluding hydrogens is 222 g/mol. The number of carbonyl (C=O) groups excluding carboxylic acids is 2. The summed E-state index contributed by atoms with van der Waals surface area (Å²) in [6.45, 7) is 4.30. The van der Waals surface area contributed by atoms with E-state index >= 15 is 0 Å². The Morgan fingerprint density at radius 2 is 2.24 bits per heavy atom. The summed E-state index contributed by atoms with van der Waals surface area (Å²) in [5, 5.41) is 2.82. The fraction of sp³-hybridized carbons (Fsp3) is 0.833. The van der Waals surface area contributed by atoms with Crippen LogP contribution in [0.5, 0.6) is 0 Å². The van der Waals surface area contributed by atoms with E-state index < -0.39 is 0 Å². The van der Waals surface area contributed by atoms with Gasteiger partial charge in [-0.2, -0.15) is 0 Å². The summed E-state index contributed by atoms with van der Waals surface area (Å²) in [4.78, 5) is 22.5. The summed E-state index contributed by atoms with van der Waals surface area (Å²) in [5.74, 6) is 0.00238. The Labute approximate surface area is 102 Å². The Morgan fingerprint density at radius 1 is 1.41 bits per heavy atom. The van der Waals surface area contributed by atoms with Crippen molar-refractivity contribution in [2.45, 2.75) is 32.6 Å². The summed E-state index contributed by atoms with van der Waals surface area (Å²) < 4.78 is 10.1. The summed E-state index contributed by atoms with van der Waals surface area (Å²) in [5.41, 5.74) is 0. The van der Waals surface area contributed by atoms with Gasteiger partial charge in [-0.05, 0) is 25.7 Å². The van der Waals surface area contributed by atoms with Crippen LogP contribution >= 0.6 is 0 Å². The van der Waals surface area contributed by atoms with Crippen molar-refractivity contribution >= 4 is 11.9 Å². The Hall–Kier alpha value is -1.10. The maximum Gasteiger partial charge on any atom is 0.306 e. The number of amides is 1. The van der Waals surface area contributed by atoms with Gasteiger partial charge >= 0.3 is 5.97 Å². The molecule has 5 nitrogen and oxygen atoms in total. The van der Waals surface area contributed by atoms with E-state index in [4.69, 9.17) is 9.47 Å². The molecule has 17 heavy (non-hydrogen) atoms. The van der Waals surface area contributed by atoms with E-state index in [1.807, 2.05) is 0 Å². The molecule has 0 aliphatic carbocycles. The molecule has 1 N–H and O–H groups in total. The number of esters is 1. The minimum absolute atomic E-state index is 0.0939. The fourth-order valence-electron chi connectivity index (χ4n) is 1.76. The third-order valence-electron chi connectivity index (χ3n) is 2.70. The lowest BCUT2D eigenvalue weighted by Gasteiger charge is -2.22. The molecule has 98 valence electrons. The van der Waals surface area contributed by atoms with Gasteiger partial charge < -0.3 is 14.8 Å². The molecule has 0 bridgehead atoms. The highest BCUT2D eigenvalue weighted by atomic mass is 16.5. The average molecular weight is 243 g/mol. The van der Waals surface area contributed by atoms with Crippen LogP contribution in [0.1, 0.15) is 32.6 Å². The Balaban J connectivity index is 2.06. The highest BCUT2D eigenvalue weighted by Crippen LogP contribution is 2.12. The standard InChI is InChI=1S/C12H21NO4/c1-2-17-12(15)6-5-11(14)13-8-10-4-3-7-16-9-10/h10H,2-9H2,1H3,(H,13,14). The molecule has 1 fully saturated rings. The predicted molar refractivity (Wildman–Crippen MR) is 62.4 cm³/mol. The average Bonchev–Trinajstić information content (AvgIpc) is 2.35. The van der Waals surface area contributed by atoms with Crippen LogP contribution in [0.25, 0.3) is 0 Å². The first-order chi connectivity index (χ1) is 8.22. The number of carbonyl (C=O) groups is 2. The summed E-state index contributed by atoms with van der Waals surface area (Å²) >= 11 is 0. The molecule has 0 spiro atoms. The summed E-state index contributed by atoms with van der Waals surface area (Å²) in [7, 11) is 0. The van der Waals surface area contributed by atoms with Crippen molar-refractivity contribution in [2.24, 2.45) is 5.92 Å². The summed E-state index contributed by atoms with van der Waals surface area (Å²) in [6, 6.07) is 0. The molecule has 0 aromatic rings. The molecule has 0 saturated carbocycles. The van der Waals surface area contributed by atoms with Crippen LogP contribution in [0, 0.1) is 5.92 Å². The zero-order valence-corrected chi connectivity index (χ0v) is 10.4. The molecule has 1 aliphatic heterocycles. The number of hydrogen-bond donors (Lipinski definition) is 1. The fourth-order valence-corrected chi connectivity index (χ4v) is 1.76. The lowest BCUT2D eigenvalue weighted by Crippen LogP contribution is -2.33. The predicted octanol–water partition coefficient (Wildman–Crippen LogP) is 0.872. The molecule has 1 rings (SSSR count). The van der Waals surface area contributed by atoms with Gasteiger partial charge in [0.2, 0.25) is 5.91 Å². The molecule has 1 saturated heterocycles. The third kappa shape index (κ3) is 6.26. The van der Waals surface area contributed by atoms with Crippen LogP contribution in [-0.4, -0.2) is 38.2 Å². The highest BCUT2D eigenvalue weighted by Gasteiger charge is 2.15. The van der Waals surface area contributed by atoms with Crippen LogP contribution in [0.15, 0.2) is 0 Å². The Morgan fingerprint density at radius 3 is 2.88 bits per heavy atom. The molecule has 1 heterocycles. The van der Waals surface area contributed by atoms with Crippen LogP contribution < -0.4 is 5.32 Å². The SMILES string of the molecule is CCOC(=O)CCC(=O)NCC1CCCOC1. The first-order valence-corrected chi connectivity index (χ1v) is 6.22. The number of hydrogen-bond acceptors (Lipinski definition) is 4. The Bertz CT molecular complexity index is 249. The summed E-state index contributed by atoms with van der Waals surface area (Å²) in [6.07, 6.45) is 2.51. The van der Waals surface area contributed by atoms with Crippen molar-refractivity contribution in [1.29, 1.82) is 0 Å². The van der Waals surface area contributed by atoms with Crippen molar-refractivity contribution in [3.8, 4) is 0 Å². The second-order valence-electron chi connectivity index (χ2n) is 4.19. The van der Waals surface area contributed by atoms with Crippen molar-refractivity contribution in [3.05, 3.63) is 0 Å². The van der Waals surface area contributed by atoms with Crippen LogP contribution in [-0.2, 0) is 19.1 Å². The van der Waals surface area contributed by atoms with Crippen LogP contribution in [0.2, 0.25) is 0 Å². The van der Waals surface area contributed by atoms with Crippen molar-refractivity contribution in [1.82, 2.24) is 5.32 Å². The molecule has 1 amide bonds. The van der Waals surface area contributed by atoms with Crippen molar-refractivity contribution < 1.29 is 19.1 Å². The van der Waals surface area contributed by atoms with Gasteiger partial charge in [0.05, 0.1) is 19.6 Å². The second-order valence-corrected chi connectivity index (χ2v) is 4.19. The zero-order valence-electron chi connectivity index (χ0n) is 10.4. The van der Waals surface area contributed by atoms with Gasteiger partial charge in [0.15, 0.2) is 0 Å². The lowest BCUT2D eigenvalue weighted by atomic mass is 10.0. The van der Waals surface area contributed by atoms with Gasteiger partial charge in [-0.3, -0.25) is 9.59 Å². The van der Waals surface area contributed by atoms with Gasteiger partial charge in [0.1, 0.15) is 0 Å². The minimum Gasteiger partial charge on any atom is -0.466 e. The van der Waals surface area contributed by atoms with E-state index in [1.54, 1.807) is 6.92 Å². The Kier molecular flexibility index (Phi) is 6.62. The number of rotatable bonds is 6. The minimum atomic E-state index is -0.316. The van der Waals surface area contributed by atoms with Gasteiger partial charge in [0.25, 0.3) is 0 Å². The molecule has 5 heteroatoms. The number of nitrogens with one attached hydrogen (secondary N) is 1. The topological polar surface area (TPSA) is 64.6 Å². The molecular formula is C12H21NO4. The molecule has 0 aromatic carbocycles. The van der Waals surface area contributed by atoms with Crippen molar-refractivity contribution in [2.75, 3.05) is 26.4 Å². The van der Waals surface area contributed by atoms with Crippen LogP contribution in [0.4, 0.5) is 0 Å². The lowest BCUT2D eigenvalue weighted by molar-refractivity contribution is -0.144. The first kappa shape index (κ1) is 14.0. The van der Waals surface area contributed by atoms with E-state index in [-0.39, 0.29) is 24.7 Å². The van der Waals surface area contributed by atoms with Gasteiger partial charge in [-0.1, -0.05) is 0 Å². The molecule has 0 aromatic heterocycles. The normalized spacial score (nSPS) is 19.7. The van der Waals surface area contributed by atoms with E-state index in [2.05, 4.69) is 5.32 Å². The zero-order chi connectivity index (χ0) is 12.5. The molecule has 1 unspecified atom stereocenters. The maximum atomic E-state index is 11.4. The second kappa shape index (κ2) is 8.06. The smallest absolute Gasteiger partial charge is 0.306 e. The van der Waals surface area contributed by atoms with Gasteiger partial charge in [0, 0.05) is 19.6 Å². The van der Waals surface area contributed by atoms with E-state index in [0.717, 1.165) is 26.1 Å². The van der Waals surface area contributed by atoms with E-state index in [0.29, 0.717) is 19.1 Å². The number of ether oxygens (including phenoxy) is 2. The van der Waals surface area contributed by atoms with E-state index in [1.165, 1.54) is 0 Å². The van der Waals surface area contributed by atoms with Crippen LogP contribution in [0.3, 0.4) is 0 Å². The maximum absolute atomic E-state index is 11.4. The quantitative estimate of drug-likeness (QED) is 0.703. The van der Waals surface area contributed by atoms with Crippen molar-refractivity contribution in [3.63, 3.8) is 0 Å².